The largest absolute Gasteiger partial charge is 0.365 e. The predicted molar refractivity (Wildman–Crippen MR) is 135 cm³/mol. The van der Waals surface area contributed by atoms with Gasteiger partial charge in [0.15, 0.2) is 0 Å². The van der Waals surface area contributed by atoms with Gasteiger partial charge < -0.3 is 15.0 Å². The smallest absolute Gasteiger partial charge is 0.255 e. The van der Waals surface area contributed by atoms with Crippen LogP contribution >= 0.6 is 11.6 Å². The van der Waals surface area contributed by atoms with Crippen LogP contribution < -0.4 is 5.32 Å². The fourth-order valence-corrected chi connectivity index (χ4v) is 5.17. The Morgan fingerprint density at radius 1 is 1.29 bits per heavy atom. The van der Waals surface area contributed by atoms with Crippen molar-refractivity contribution >= 4 is 29.1 Å². The Morgan fingerprint density at radius 3 is 2.77 bits per heavy atom. The van der Waals surface area contributed by atoms with Crippen LogP contribution in [-0.4, -0.2) is 59.5 Å². The zero-order valence-corrected chi connectivity index (χ0v) is 21.2. The number of hydrogen-bond acceptors (Lipinski definition) is 5. The summed E-state index contributed by atoms with van der Waals surface area (Å²) in [5, 5.41) is 12.6. The van der Waals surface area contributed by atoms with E-state index in [1.807, 2.05) is 24.8 Å². The number of halogens is 1. The minimum Gasteiger partial charge on any atom is -0.365 e. The van der Waals surface area contributed by atoms with Crippen molar-refractivity contribution in [2.45, 2.75) is 51.8 Å². The van der Waals surface area contributed by atoms with Gasteiger partial charge in [0, 0.05) is 55.1 Å². The summed E-state index contributed by atoms with van der Waals surface area (Å²) in [7, 11) is 0. The highest BCUT2D eigenvalue weighted by Gasteiger charge is 2.43. The number of carbonyl (C=O) groups is 2. The molecule has 0 spiro atoms. The molecule has 1 N–H and O–H groups in total. The minimum atomic E-state index is -0.695. The van der Waals surface area contributed by atoms with Gasteiger partial charge in [0.2, 0.25) is 0 Å². The topological polar surface area (TPSA) is 85.7 Å². The molecule has 0 aliphatic carbocycles. The molecule has 2 saturated heterocycles. The van der Waals surface area contributed by atoms with Crippen LogP contribution in [0.4, 0.5) is 5.69 Å². The Balaban J connectivity index is 1.44. The van der Waals surface area contributed by atoms with E-state index in [0.717, 1.165) is 37.1 Å². The summed E-state index contributed by atoms with van der Waals surface area (Å²) in [4.78, 5) is 30.2. The third-order valence-corrected chi connectivity index (χ3v) is 7.24. The average Bonchev–Trinajstić information content (AvgIpc) is 3.29. The second-order valence-corrected chi connectivity index (χ2v) is 10.1. The van der Waals surface area contributed by atoms with Gasteiger partial charge in [-0.25, -0.2) is 0 Å². The molecule has 2 fully saturated rings. The van der Waals surface area contributed by atoms with E-state index >= 15 is 0 Å². The molecule has 0 bridgehead atoms. The Labute approximate surface area is 211 Å². The van der Waals surface area contributed by atoms with E-state index in [0.29, 0.717) is 41.5 Å². The van der Waals surface area contributed by atoms with Crippen molar-refractivity contribution in [3.05, 3.63) is 63.7 Å². The van der Waals surface area contributed by atoms with E-state index in [4.69, 9.17) is 21.6 Å². The number of hydrogen-bond donors (Lipinski definition) is 1. The molecule has 2 aromatic carbocycles. The molecule has 184 valence electrons. The van der Waals surface area contributed by atoms with Crippen LogP contribution in [0.5, 0.6) is 0 Å². The van der Waals surface area contributed by atoms with Crippen LogP contribution in [0, 0.1) is 18.3 Å². The van der Waals surface area contributed by atoms with Gasteiger partial charge in [0.05, 0.1) is 11.6 Å². The van der Waals surface area contributed by atoms with Gasteiger partial charge in [0.1, 0.15) is 5.60 Å². The summed E-state index contributed by atoms with van der Waals surface area (Å²) < 4.78 is 5.78. The molecule has 2 aromatic rings. The monoisotopic (exact) mass is 494 g/mol. The molecule has 2 aliphatic rings. The summed E-state index contributed by atoms with van der Waals surface area (Å²) >= 11 is 6.42. The molecular formula is C27H31ClN4O3. The summed E-state index contributed by atoms with van der Waals surface area (Å²) in [6.45, 7) is 9.41. The van der Waals surface area contributed by atoms with Crippen LogP contribution in [0.25, 0.3) is 0 Å². The highest BCUT2D eigenvalue weighted by Crippen LogP contribution is 2.30. The van der Waals surface area contributed by atoms with Gasteiger partial charge >= 0.3 is 0 Å². The molecule has 8 heteroatoms. The quantitative estimate of drug-likeness (QED) is 0.667. The molecule has 0 radical (unpaired) electrons. The van der Waals surface area contributed by atoms with Gasteiger partial charge in [0.25, 0.3) is 11.8 Å². The minimum absolute atomic E-state index is 0.0725. The van der Waals surface area contributed by atoms with E-state index in [9.17, 15) is 9.59 Å². The number of anilines is 1. The van der Waals surface area contributed by atoms with Crippen molar-refractivity contribution in [2.75, 3.05) is 31.6 Å². The van der Waals surface area contributed by atoms with E-state index < -0.39 is 5.60 Å². The second kappa shape index (κ2) is 10.4. The Hall–Kier alpha value is -2.92. The first-order valence-electron chi connectivity index (χ1n) is 12.0. The van der Waals surface area contributed by atoms with Crippen LogP contribution in [0.15, 0.2) is 36.4 Å². The van der Waals surface area contributed by atoms with Crippen molar-refractivity contribution < 1.29 is 14.3 Å². The van der Waals surface area contributed by atoms with Crippen molar-refractivity contribution in [3.8, 4) is 6.07 Å². The van der Waals surface area contributed by atoms with Gasteiger partial charge in [-0.1, -0.05) is 17.7 Å². The van der Waals surface area contributed by atoms with Crippen molar-refractivity contribution in [3.63, 3.8) is 0 Å². The van der Waals surface area contributed by atoms with Crippen LogP contribution in [0.3, 0.4) is 0 Å². The fraction of sp³-hybridized carbons (Fsp3) is 0.444. The third-order valence-electron chi connectivity index (χ3n) is 7.02. The standard InChI is InChI=1S/C27H31ClN4O3/c1-18-16-31(9-10-32(18)26(34)27(3)8-5-11-35-27)17-22-13-23(28)14-24(19(22)2)30-25(33)21-7-4-6-20(12-21)15-29/h4,6-7,12-14,18H,5,8-11,16-17H2,1-3H3,(H,30,33)/t18-,27?/m0/s1. The van der Waals surface area contributed by atoms with Gasteiger partial charge in [-0.3, -0.25) is 14.5 Å². The first-order valence-corrected chi connectivity index (χ1v) is 12.4. The number of nitrogens with one attached hydrogen (secondary N) is 1. The number of ether oxygens (including phenoxy) is 1. The number of amides is 2. The van der Waals surface area contributed by atoms with Gasteiger partial charge in [-0.05, 0) is 75.1 Å². The number of rotatable bonds is 5. The Bertz CT molecular complexity index is 1170. The van der Waals surface area contributed by atoms with Crippen molar-refractivity contribution in [2.24, 2.45) is 0 Å². The number of nitrogens with zero attached hydrogens (tertiary/aromatic N) is 3. The lowest BCUT2D eigenvalue weighted by molar-refractivity contribution is -0.155. The molecule has 4 rings (SSSR count). The molecule has 35 heavy (non-hydrogen) atoms. The lowest BCUT2D eigenvalue weighted by atomic mass is 9.99. The predicted octanol–water partition coefficient (Wildman–Crippen LogP) is 4.37. The zero-order chi connectivity index (χ0) is 25.2. The molecule has 2 atom stereocenters. The van der Waals surface area contributed by atoms with Crippen molar-refractivity contribution in [1.82, 2.24) is 9.80 Å². The summed E-state index contributed by atoms with van der Waals surface area (Å²) in [5.74, 6) is -0.201. The van der Waals surface area contributed by atoms with E-state index in [2.05, 4.69) is 23.2 Å². The first kappa shape index (κ1) is 25.2. The van der Waals surface area contributed by atoms with E-state index in [1.165, 1.54) is 0 Å². The van der Waals surface area contributed by atoms with Crippen LogP contribution in [0.1, 0.15) is 53.7 Å². The SMILES string of the molecule is Cc1c(CN2CCN(C(=O)C3(C)CCCO3)[C@@H](C)C2)cc(Cl)cc1NC(=O)c1cccc(C#N)c1. The average molecular weight is 495 g/mol. The molecule has 1 unspecified atom stereocenters. The maximum absolute atomic E-state index is 13.1. The lowest BCUT2D eigenvalue weighted by Crippen LogP contribution is -2.58. The maximum Gasteiger partial charge on any atom is 0.255 e. The third kappa shape index (κ3) is 5.51. The molecule has 2 amide bonds. The zero-order valence-electron chi connectivity index (χ0n) is 20.4. The van der Waals surface area contributed by atoms with E-state index in [1.54, 1.807) is 30.3 Å². The summed E-state index contributed by atoms with van der Waals surface area (Å²) in [5.41, 5.74) is 2.77. The molecule has 0 aromatic heterocycles. The van der Waals surface area contributed by atoms with Gasteiger partial charge in [-0.15, -0.1) is 0 Å². The Morgan fingerprint density at radius 2 is 2.09 bits per heavy atom. The van der Waals surface area contributed by atoms with E-state index in [-0.39, 0.29) is 17.9 Å². The summed E-state index contributed by atoms with van der Waals surface area (Å²) in [6.07, 6.45) is 1.70. The number of nitriles is 1. The normalized spacial score (nSPS) is 22.6. The highest BCUT2D eigenvalue weighted by atomic mass is 35.5. The van der Waals surface area contributed by atoms with Crippen molar-refractivity contribution in [1.29, 1.82) is 5.26 Å². The number of carbonyl (C=O) groups excluding carboxylic acids is 2. The van der Waals surface area contributed by atoms with Crippen LogP contribution in [0.2, 0.25) is 5.02 Å². The first-order chi connectivity index (χ1) is 16.7. The number of piperazine rings is 1. The van der Waals surface area contributed by atoms with Crippen LogP contribution in [-0.2, 0) is 16.1 Å². The second-order valence-electron chi connectivity index (χ2n) is 9.65. The lowest BCUT2D eigenvalue weighted by Gasteiger charge is -2.42. The molecule has 2 heterocycles. The highest BCUT2D eigenvalue weighted by molar-refractivity contribution is 6.31. The molecule has 7 nitrogen and oxygen atoms in total. The molecule has 2 aliphatic heterocycles. The molecule has 0 saturated carbocycles. The number of benzene rings is 2. The Kier molecular flexibility index (Phi) is 7.46. The fourth-order valence-electron chi connectivity index (χ4n) is 4.92. The summed E-state index contributed by atoms with van der Waals surface area (Å²) in [6, 6.07) is 12.4. The maximum atomic E-state index is 13.1. The molecular weight excluding hydrogens is 464 g/mol. The van der Waals surface area contributed by atoms with Gasteiger partial charge in [-0.2, -0.15) is 5.26 Å².